The number of hydrogen-bond donors (Lipinski definition) is 0. The maximum absolute atomic E-state index is 13.3. The molecular formula is C11H11FOS. The summed E-state index contributed by atoms with van der Waals surface area (Å²) in [6.45, 7) is 1.73. The molecule has 0 saturated heterocycles. The van der Waals surface area contributed by atoms with E-state index < -0.39 is 0 Å². The Bertz CT molecular complexity index is 387. The van der Waals surface area contributed by atoms with E-state index in [9.17, 15) is 9.18 Å². The van der Waals surface area contributed by atoms with Gasteiger partial charge in [-0.3, -0.25) is 4.79 Å². The number of fused-ring (bicyclic) bond motifs is 1. The van der Waals surface area contributed by atoms with Crippen LogP contribution in [0.4, 0.5) is 4.39 Å². The highest BCUT2D eigenvalue weighted by molar-refractivity contribution is 7.99. The Morgan fingerprint density at radius 1 is 1.43 bits per heavy atom. The van der Waals surface area contributed by atoms with Crippen molar-refractivity contribution in [3.63, 3.8) is 0 Å². The van der Waals surface area contributed by atoms with Gasteiger partial charge in [0.1, 0.15) is 5.82 Å². The summed E-state index contributed by atoms with van der Waals surface area (Å²) in [5, 5.41) is 0. The minimum absolute atomic E-state index is 0.0731. The van der Waals surface area contributed by atoms with Crippen LogP contribution in [0.5, 0.6) is 0 Å². The normalized spacial score (nSPS) is 16.3. The summed E-state index contributed by atoms with van der Waals surface area (Å²) in [6, 6.07) is 3.16. The highest BCUT2D eigenvalue weighted by atomic mass is 32.2. The molecule has 0 radical (unpaired) electrons. The van der Waals surface area contributed by atoms with Crippen LogP contribution in [0.15, 0.2) is 17.0 Å². The van der Waals surface area contributed by atoms with E-state index in [1.807, 2.05) is 0 Å². The molecule has 1 nitrogen and oxygen atoms in total. The van der Waals surface area contributed by atoms with E-state index in [0.29, 0.717) is 17.5 Å². The molecule has 0 aromatic heterocycles. The van der Waals surface area contributed by atoms with E-state index in [4.69, 9.17) is 0 Å². The third kappa shape index (κ3) is 1.69. The van der Waals surface area contributed by atoms with Crippen LogP contribution in [0.25, 0.3) is 0 Å². The zero-order chi connectivity index (χ0) is 10.1. The van der Waals surface area contributed by atoms with Gasteiger partial charge in [0.25, 0.3) is 0 Å². The number of carbonyl (C=O) groups is 1. The molecule has 0 N–H and O–H groups in total. The molecule has 1 aromatic carbocycles. The summed E-state index contributed by atoms with van der Waals surface area (Å²) in [5.41, 5.74) is 1.18. The molecule has 74 valence electrons. The van der Waals surface area contributed by atoms with Crippen molar-refractivity contribution >= 4 is 17.5 Å². The number of aryl methyl sites for hydroxylation is 1. The molecule has 0 fully saturated rings. The van der Waals surface area contributed by atoms with Gasteiger partial charge in [0, 0.05) is 16.9 Å². The molecule has 1 heterocycles. The summed E-state index contributed by atoms with van der Waals surface area (Å²) < 4.78 is 13.3. The van der Waals surface area contributed by atoms with Crippen molar-refractivity contribution in [1.82, 2.24) is 0 Å². The zero-order valence-corrected chi connectivity index (χ0v) is 8.79. The van der Waals surface area contributed by atoms with E-state index in [-0.39, 0.29) is 11.6 Å². The second-order valence-electron chi connectivity index (χ2n) is 3.47. The van der Waals surface area contributed by atoms with Crippen molar-refractivity contribution in [2.24, 2.45) is 0 Å². The number of benzene rings is 1. The molecule has 0 atom stereocenters. The number of thioether (sulfide) groups is 1. The van der Waals surface area contributed by atoms with E-state index >= 15 is 0 Å². The molecular weight excluding hydrogens is 199 g/mol. The Labute approximate surface area is 86.7 Å². The van der Waals surface area contributed by atoms with Gasteiger partial charge in [0.2, 0.25) is 0 Å². The topological polar surface area (TPSA) is 17.1 Å². The highest BCUT2D eigenvalue weighted by Crippen LogP contribution is 2.30. The van der Waals surface area contributed by atoms with Gasteiger partial charge in [-0.1, -0.05) is 0 Å². The lowest BCUT2D eigenvalue weighted by Gasteiger charge is -2.05. The zero-order valence-electron chi connectivity index (χ0n) is 7.97. The smallest absolute Gasteiger partial charge is 0.164 e. The minimum Gasteiger partial charge on any atom is -0.294 e. The van der Waals surface area contributed by atoms with Gasteiger partial charge in [-0.2, -0.15) is 0 Å². The quantitative estimate of drug-likeness (QED) is 0.654. The number of halogens is 1. The molecule has 0 spiro atoms. The van der Waals surface area contributed by atoms with Crippen molar-refractivity contribution in [3.05, 3.63) is 29.1 Å². The van der Waals surface area contributed by atoms with Gasteiger partial charge >= 0.3 is 0 Å². The van der Waals surface area contributed by atoms with E-state index in [1.54, 1.807) is 24.8 Å². The number of hydrogen-bond acceptors (Lipinski definition) is 2. The monoisotopic (exact) mass is 210 g/mol. The number of rotatable bonds is 0. The average Bonchev–Trinajstić information content (AvgIpc) is 2.31. The lowest BCUT2D eigenvalue weighted by molar-refractivity contribution is 0.0980. The predicted octanol–water partition coefficient (Wildman–Crippen LogP) is 3.20. The lowest BCUT2D eigenvalue weighted by atomic mass is 10.1. The summed E-state index contributed by atoms with van der Waals surface area (Å²) in [4.78, 5) is 12.5. The second kappa shape index (κ2) is 3.73. The number of ketones is 1. The maximum Gasteiger partial charge on any atom is 0.164 e. The predicted molar refractivity (Wildman–Crippen MR) is 55.4 cm³/mol. The van der Waals surface area contributed by atoms with Crippen molar-refractivity contribution in [1.29, 1.82) is 0 Å². The summed E-state index contributed by atoms with van der Waals surface area (Å²) >= 11 is 1.65. The van der Waals surface area contributed by atoms with Crippen LogP contribution in [-0.2, 0) is 0 Å². The van der Waals surface area contributed by atoms with Crippen molar-refractivity contribution < 1.29 is 9.18 Å². The first kappa shape index (κ1) is 9.71. The third-order valence-electron chi connectivity index (χ3n) is 2.37. The molecule has 1 aliphatic rings. The first-order valence-electron chi connectivity index (χ1n) is 4.64. The Hall–Kier alpha value is -0.830. The molecule has 1 aromatic rings. The van der Waals surface area contributed by atoms with Crippen molar-refractivity contribution in [2.75, 3.05) is 5.75 Å². The van der Waals surface area contributed by atoms with Gasteiger partial charge in [0.05, 0.1) is 0 Å². The van der Waals surface area contributed by atoms with E-state index in [0.717, 1.165) is 17.1 Å². The molecule has 0 unspecified atom stereocenters. The molecule has 0 saturated carbocycles. The molecule has 2 rings (SSSR count). The van der Waals surface area contributed by atoms with Crippen molar-refractivity contribution in [3.8, 4) is 0 Å². The number of carbonyl (C=O) groups excluding carboxylic acids is 1. The van der Waals surface area contributed by atoms with Gasteiger partial charge in [-0.15, -0.1) is 11.8 Å². The Morgan fingerprint density at radius 2 is 2.21 bits per heavy atom. The number of Topliss-reactive ketones (excluding diaryl/α,β-unsaturated/α-hetero) is 1. The van der Waals surface area contributed by atoms with Gasteiger partial charge in [-0.25, -0.2) is 4.39 Å². The van der Waals surface area contributed by atoms with Crippen LogP contribution in [0, 0.1) is 12.7 Å². The molecule has 0 bridgehead atoms. The Balaban J connectivity index is 2.54. The van der Waals surface area contributed by atoms with Crippen LogP contribution in [0.1, 0.15) is 28.8 Å². The minimum atomic E-state index is -0.278. The first-order chi connectivity index (χ1) is 6.68. The SMILES string of the molecule is Cc1cc2c(cc1F)C(=O)CCCS2. The van der Waals surface area contributed by atoms with Gasteiger partial charge in [-0.05, 0) is 36.8 Å². The summed E-state index contributed by atoms with van der Waals surface area (Å²) in [6.07, 6.45) is 1.43. The fraction of sp³-hybridized carbons (Fsp3) is 0.364. The lowest BCUT2D eigenvalue weighted by Crippen LogP contribution is -2.00. The molecule has 3 heteroatoms. The van der Waals surface area contributed by atoms with Crippen LogP contribution in [0.3, 0.4) is 0 Å². The second-order valence-corrected chi connectivity index (χ2v) is 4.61. The maximum atomic E-state index is 13.3. The van der Waals surface area contributed by atoms with Gasteiger partial charge in [0.15, 0.2) is 5.78 Å². The first-order valence-corrected chi connectivity index (χ1v) is 5.63. The van der Waals surface area contributed by atoms with Crippen LogP contribution >= 0.6 is 11.8 Å². The van der Waals surface area contributed by atoms with E-state index in [1.165, 1.54) is 6.07 Å². The molecule has 14 heavy (non-hydrogen) atoms. The van der Waals surface area contributed by atoms with Crippen LogP contribution in [-0.4, -0.2) is 11.5 Å². The van der Waals surface area contributed by atoms with Gasteiger partial charge < -0.3 is 0 Å². The fourth-order valence-corrected chi connectivity index (χ4v) is 2.64. The van der Waals surface area contributed by atoms with Crippen molar-refractivity contribution in [2.45, 2.75) is 24.7 Å². The molecule has 1 aliphatic heterocycles. The van der Waals surface area contributed by atoms with Crippen LogP contribution in [0.2, 0.25) is 0 Å². The average molecular weight is 210 g/mol. The molecule has 0 amide bonds. The highest BCUT2D eigenvalue weighted by Gasteiger charge is 2.17. The third-order valence-corrected chi connectivity index (χ3v) is 3.51. The summed E-state index contributed by atoms with van der Waals surface area (Å²) in [5.74, 6) is 0.743. The van der Waals surface area contributed by atoms with E-state index in [2.05, 4.69) is 0 Å². The molecule has 0 aliphatic carbocycles. The Kier molecular flexibility index (Phi) is 2.59. The standard InChI is InChI=1S/C11H11FOS/c1-7-5-11-8(6-9(7)12)10(13)3-2-4-14-11/h5-6H,2-4H2,1H3. The summed E-state index contributed by atoms with van der Waals surface area (Å²) in [7, 11) is 0. The largest absolute Gasteiger partial charge is 0.294 e. The Morgan fingerprint density at radius 3 is 3.00 bits per heavy atom. The fourth-order valence-electron chi connectivity index (χ4n) is 1.54. The van der Waals surface area contributed by atoms with Crippen LogP contribution < -0.4 is 0 Å².